The number of carbonyl (C=O) groups excluding carboxylic acids is 2. The molecule has 10 nitrogen and oxygen atoms in total. The van der Waals surface area contributed by atoms with Crippen LogP contribution in [0.3, 0.4) is 0 Å². The Morgan fingerprint density at radius 1 is 0.618 bits per heavy atom. The van der Waals surface area contributed by atoms with Crippen LogP contribution in [-0.4, -0.2) is 47.2 Å². The highest BCUT2D eigenvalue weighted by molar-refractivity contribution is 6.08. The summed E-state index contributed by atoms with van der Waals surface area (Å²) in [5.74, 6) is -2.64. The maximum atomic E-state index is 12.7. The van der Waals surface area contributed by atoms with Gasteiger partial charge in [-0.25, -0.2) is 9.59 Å². The van der Waals surface area contributed by atoms with Gasteiger partial charge in [0, 0.05) is 34.6 Å². The molecule has 0 spiro atoms. The topological polar surface area (TPSA) is 151 Å². The number of hydrogen-bond donors (Lipinski definition) is 4. The van der Waals surface area contributed by atoms with Crippen molar-refractivity contribution in [3.63, 3.8) is 0 Å². The molecule has 0 aliphatic heterocycles. The Hall–Kier alpha value is -4.86. The molecule has 3 aromatic carbocycles. The summed E-state index contributed by atoms with van der Waals surface area (Å²) in [7, 11) is 0. The number of anilines is 2. The Morgan fingerprint density at radius 3 is 1.44 bits per heavy atom. The highest BCUT2D eigenvalue weighted by atomic mass is 16.5. The summed E-state index contributed by atoms with van der Waals surface area (Å²) in [4.78, 5) is 46.6. The van der Waals surface area contributed by atoms with Crippen molar-refractivity contribution in [2.75, 3.05) is 23.8 Å². The summed E-state index contributed by atoms with van der Waals surface area (Å²) in [6.07, 6.45) is 0. The van der Waals surface area contributed by atoms with Crippen molar-refractivity contribution in [3.8, 4) is 11.5 Å². The molecular weight excluding hydrogens is 444 g/mol. The first kappa shape index (κ1) is 23.8. The van der Waals surface area contributed by atoms with Gasteiger partial charge in [-0.05, 0) is 42.5 Å². The van der Waals surface area contributed by atoms with E-state index in [1.54, 1.807) is 42.5 Å². The van der Waals surface area contributed by atoms with Crippen molar-refractivity contribution < 1.29 is 38.9 Å². The zero-order chi connectivity index (χ0) is 24.5. The van der Waals surface area contributed by atoms with E-state index in [0.29, 0.717) is 11.4 Å². The highest BCUT2D eigenvalue weighted by Crippen LogP contribution is 2.20. The van der Waals surface area contributed by atoms with Crippen LogP contribution in [0.5, 0.6) is 11.5 Å². The molecule has 34 heavy (non-hydrogen) atoms. The number of hydrogen-bond acceptors (Lipinski definition) is 6. The van der Waals surface area contributed by atoms with Gasteiger partial charge in [0.05, 0.1) is 0 Å². The first-order chi connectivity index (χ1) is 16.3. The van der Waals surface area contributed by atoms with Gasteiger partial charge in [-0.2, -0.15) is 0 Å². The van der Waals surface area contributed by atoms with Crippen molar-refractivity contribution in [2.45, 2.75) is 0 Å². The van der Waals surface area contributed by atoms with Crippen LogP contribution in [0.15, 0.2) is 72.8 Å². The number of rotatable bonds is 10. The van der Waals surface area contributed by atoms with Gasteiger partial charge in [0.15, 0.2) is 13.2 Å². The second-order valence-electron chi connectivity index (χ2n) is 6.91. The van der Waals surface area contributed by atoms with Crippen LogP contribution in [0.1, 0.15) is 20.7 Å². The Morgan fingerprint density at radius 2 is 1.03 bits per heavy atom. The number of carboxylic acids is 2. The minimum absolute atomic E-state index is 0.225. The fourth-order valence-corrected chi connectivity index (χ4v) is 2.83. The molecule has 0 atom stereocenters. The molecule has 4 N–H and O–H groups in total. The Balaban J connectivity index is 1.66. The lowest BCUT2D eigenvalue weighted by molar-refractivity contribution is -0.140. The number of benzene rings is 3. The molecule has 0 bridgehead atoms. The maximum Gasteiger partial charge on any atom is 0.341 e. The number of aliphatic carboxylic acids is 2. The molecule has 2 amide bonds. The van der Waals surface area contributed by atoms with Crippen molar-refractivity contribution in [1.82, 2.24) is 0 Å². The summed E-state index contributed by atoms with van der Waals surface area (Å²) >= 11 is 0. The molecule has 0 aliphatic rings. The summed E-state index contributed by atoms with van der Waals surface area (Å²) in [6.45, 7) is -1.02. The van der Waals surface area contributed by atoms with E-state index in [-0.39, 0.29) is 22.6 Å². The van der Waals surface area contributed by atoms with E-state index in [2.05, 4.69) is 10.6 Å². The largest absolute Gasteiger partial charge is 0.482 e. The molecule has 3 aromatic rings. The first-order valence-corrected chi connectivity index (χ1v) is 9.92. The fraction of sp³-hybridized carbons (Fsp3) is 0.0833. The van der Waals surface area contributed by atoms with Gasteiger partial charge in [0.25, 0.3) is 11.8 Å². The second-order valence-corrected chi connectivity index (χ2v) is 6.91. The SMILES string of the molecule is O=C(O)COc1cccc(NC(=O)c2cccc(C(=O)Nc3cccc(OCC(=O)O)c3)c2)c1. The van der Waals surface area contributed by atoms with Crippen LogP contribution in [-0.2, 0) is 9.59 Å². The Kier molecular flexibility index (Phi) is 7.79. The predicted octanol–water partition coefficient (Wildman–Crippen LogP) is 3.12. The van der Waals surface area contributed by atoms with E-state index in [4.69, 9.17) is 19.7 Å². The quantitative estimate of drug-likeness (QED) is 0.357. The van der Waals surface area contributed by atoms with Crippen LogP contribution in [0, 0.1) is 0 Å². The third kappa shape index (κ3) is 7.09. The number of carbonyl (C=O) groups is 4. The van der Waals surface area contributed by atoms with Crippen LogP contribution < -0.4 is 20.1 Å². The summed E-state index contributed by atoms with van der Waals surface area (Å²) in [5, 5.41) is 22.7. The standard InChI is InChI=1S/C24H20N2O8/c27-21(28)13-33-19-8-2-6-17(11-19)25-23(31)15-4-1-5-16(10-15)24(32)26-18-7-3-9-20(12-18)34-14-22(29)30/h1-12H,13-14H2,(H,25,31)(H,26,32)(H,27,28)(H,29,30). The monoisotopic (exact) mass is 464 g/mol. The van der Waals surface area contributed by atoms with Gasteiger partial charge in [0.1, 0.15) is 11.5 Å². The third-order valence-corrected chi connectivity index (χ3v) is 4.30. The molecule has 0 aromatic heterocycles. The van der Waals surface area contributed by atoms with E-state index >= 15 is 0 Å². The third-order valence-electron chi connectivity index (χ3n) is 4.30. The van der Waals surface area contributed by atoms with E-state index in [0.717, 1.165) is 0 Å². The number of nitrogens with one attached hydrogen (secondary N) is 2. The van der Waals surface area contributed by atoms with Crippen molar-refractivity contribution >= 4 is 35.1 Å². The molecule has 0 unspecified atom stereocenters. The van der Waals surface area contributed by atoms with E-state index in [9.17, 15) is 19.2 Å². The van der Waals surface area contributed by atoms with Crippen molar-refractivity contribution in [2.24, 2.45) is 0 Å². The smallest absolute Gasteiger partial charge is 0.341 e. The normalized spacial score (nSPS) is 10.1. The van der Waals surface area contributed by atoms with Gasteiger partial charge in [-0.1, -0.05) is 18.2 Å². The predicted molar refractivity (Wildman–Crippen MR) is 121 cm³/mol. The van der Waals surface area contributed by atoms with Crippen LogP contribution in [0.25, 0.3) is 0 Å². The Labute approximate surface area is 193 Å². The minimum Gasteiger partial charge on any atom is -0.482 e. The molecule has 0 radical (unpaired) electrons. The van der Waals surface area contributed by atoms with E-state index in [1.807, 2.05) is 0 Å². The van der Waals surface area contributed by atoms with Gasteiger partial charge < -0.3 is 30.3 Å². The van der Waals surface area contributed by atoms with Crippen molar-refractivity contribution in [1.29, 1.82) is 0 Å². The van der Waals surface area contributed by atoms with Gasteiger partial charge in [0.2, 0.25) is 0 Å². The van der Waals surface area contributed by atoms with E-state index < -0.39 is 37.0 Å². The average molecular weight is 464 g/mol. The lowest BCUT2D eigenvalue weighted by Gasteiger charge is -2.10. The van der Waals surface area contributed by atoms with Crippen LogP contribution in [0.2, 0.25) is 0 Å². The van der Waals surface area contributed by atoms with Crippen molar-refractivity contribution in [3.05, 3.63) is 83.9 Å². The lowest BCUT2D eigenvalue weighted by Crippen LogP contribution is -2.16. The average Bonchev–Trinajstić information content (AvgIpc) is 2.82. The van der Waals surface area contributed by atoms with Gasteiger partial charge >= 0.3 is 11.9 Å². The van der Waals surface area contributed by atoms with Gasteiger partial charge in [-0.15, -0.1) is 0 Å². The second kappa shape index (κ2) is 11.1. The van der Waals surface area contributed by atoms with E-state index in [1.165, 1.54) is 30.3 Å². The minimum atomic E-state index is -1.12. The number of amides is 2. The zero-order valence-electron chi connectivity index (χ0n) is 17.7. The molecule has 3 rings (SSSR count). The summed E-state index contributed by atoms with van der Waals surface area (Å²) in [5.41, 5.74) is 1.23. The molecule has 0 saturated carbocycles. The molecule has 10 heteroatoms. The lowest BCUT2D eigenvalue weighted by atomic mass is 10.1. The van der Waals surface area contributed by atoms with Gasteiger partial charge in [-0.3, -0.25) is 9.59 Å². The Bertz CT molecular complexity index is 1130. The molecule has 0 fully saturated rings. The summed E-state index contributed by atoms with van der Waals surface area (Å²) in [6, 6.07) is 18.6. The molecule has 0 heterocycles. The maximum absolute atomic E-state index is 12.7. The highest BCUT2D eigenvalue weighted by Gasteiger charge is 2.12. The number of ether oxygens (including phenoxy) is 2. The molecule has 0 aliphatic carbocycles. The summed E-state index contributed by atoms with van der Waals surface area (Å²) < 4.78 is 10.2. The zero-order valence-corrected chi connectivity index (χ0v) is 17.7. The fourth-order valence-electron chi connectivity index (χ4n) is 2.83. The molecule has 0 saturated heterocycles. The first-order valence-electron chi connectivity index (χ1n) is 9.92. The van der Waals surface area contributed by atoms with Crippen LogP contribution >= 0.6 is 0 Å². The molecule has 174 valence electrons. The molecular formula is C24H20N2O8. The number of carboxylic acid groups (broad SMARTS) is 2. The van der Waals surface area contributed by atoms with Crippen LogP contribution in [0.4, 0.5) is 11.4 Å².